The third-order valence-electron chi connectivity index (χ3n) is 3.41. The zero-order valence-corrected chi connectivity index (χ0v) is 9.96. The summed E-state index contributed by atoms with van der Waals surface area (Å²) in [5, 5.41) is 22.8. The highest BCUT2D eigenvalue weighted by Gasteiger charge is 2.41. The Morgan fingerprint density at radius 3 is 2.72 bits per heavy atom. The van der Waals surface area contributed by atoms with Crippen molar-refractivity contribution < 1.29 is 24.5 Å². The van der Waals surface area contributed by atoms with Crippen LogP contribution < -0.4 is 10.6 Å². The molecule has 4 atom stereocenters. The van der Waals surface area contributed by atoms with Gasteiger partial charge in [0.2, 0.25) is 0 Å². The number of urea groups is 1. The maximum atomic E-state index is 11.5. The number of carboxylic acids is 1. The van der Waals surface area contributed by atoms with Crippen LogP contribution in [0, 0.1) is 0 Å². The third kappa shape index (κ3) is 3.11. The Kier molecular flexibility index (Phi) is 4.03. The Balaban J connectivity index is 1.62. The molecule has 2 aliphatic heterocycles. The van der Waals surface area contributed by atoms with Crippen molar-refractivity contribution in [3.05, 3.63) is 0 Å². The van der Waals surface area contributed by atoms with Crippen molar-refractivity contribution in [1.82, 2.24) is 10.6 Å². The Hall–Kier alpha value is -1.34. The molecule has 7 nitrogen and oxygen atoms in total. The summed E-state index contributed by atoms with van der Waals surface area (Å²) in [7, 11) is 0. The molecule has 0 spiro atoms. The summed E-state index contributed by atoms with van der Waals surface area (Å²) >= 11 is 0. The molecule has 0 radical (unpaired) electrons. The van der Waals surface area contributed by atoms with E-state index in [0.717, 1.165) is 19.3 Å². The second-order valence-corrected chi connectivity index (χ2v) is 4.76. The molecule has 102 valence electrons. The van der Waals surface area contributed by atoms with Crippen LogP contribution in [0.4, 0.5) is 4.79 Å². The number of hydrogen-bond acceptors (Lipinski definition) is 4. The summed E-state index contributed by atoms with van der Waals surface area (Å²) in [6.07, 6.45) is 1.84. The molecule has 0 saturated carbocycles. The van der Waals surface area contributed by atoms with Crippen molar-refractivity contribution in [3.63, 3.8) is 0 Å². The predicted molar refractivity (Wildman–Crippen MR) is 61.1 cm³/mol. The van der Waals surface area contributed by atoms with E-state index in [2.05, 4.69) is 10.6 Å². The number of aliphatic hydroxyl groups is 1. The van der Waals surface area contributed by atoms with Crippen LogP contribution in [0.15, 0.2) is 0 Å². The minimum atomic E-state index is -1.43. The summed E-state index contributed by atoms with van der Waals surface area (Å²) in [5.74, 6) is -1.28. The lowest BCUT2D eigenvalue weighted by Gasteiger charge is -2.20. The van der Waals surface area contributed by atoms with E-state index in [0.29, 0.717) is 0 Å². The topological polar surface area (TPSA) is 108 Å². The van der Waals surface area contributed by atoms with Gasteiger partial charge in [0.25, 0.3) is 0 Å². The minimum absolute atomic E-state index is 0.00399. The van der Waals surface area contributed by atoms with Gasteiger partial charge in [0.1, 0.15) is 0 Å². The van der Waals surface area contributed by atoms with Crippen molar-refractivity contribution >= 4 is 12.0 Å². The van der Waals surface area contributed by atoms with E-state index in [9.17, 15) is 9.59 Å². The zero-order chi connectivity index (χ0) is 13.1. The average molecular weight is 258 g/mol. The van der Waals surface area contributed by atoms with Gasteiger partial charge in [0.05, 0.1) is 18.2 Å². The monoisotopic (exact) mass is 258 g/mol. The van der Waals surface area contributed by atoms with Crippen LogP contribution in [0.5, 0.6) is 0 Å². The third-order valence-corrected chi connectivity index (χ3v) is 3.41. The number of carbonyl (C=O) groups excluding carboxylic acids is 1. The molecule has 0 aliphatic carbocycles. The molecule has 0 aromatic rings. The number of rotatable bonds is 5. The number of carboxylic acid groups (broad SMARTS) is 1. The van der Waals surface area contributed by atoms with Crippen LogP contribution in [-0.4, -0.2) is 53.1 Å². The van der Waals surface area contributed by atoms with Crippen molar-refractivity contribution in [2.75, 3.05) is 6.54 Å². The van der Waals surface area contributed by atoms with Crippen LogP contribution in [-0.2, 0) is 9.53 Å². The van der Waals surface area contributed by atoms with E-state index in [4.69, 9.17) is 14.9 Å². The molecular weight excluding hydrogens is 240 g/mol. The van der Waals surface area contributed by atoms with Crippen LogP contribution >= 0.6 is 0 Å². The lowest BCUT2D eigenvalue weighted by atomic mass is 9.96. The van der Waals surface area contributed by atoms with Gasteiger partial charge >= 0.3 is 12.0 Å². The number of aliphatic hydroxyl groups excluding tert-OH is 1. The SMILES string of the molecule is O=C(NCCC(O)C(=O)O)NC1CC2CCC1O2. The first-order chi connectivity index (χ1) is 8.56. The number of ether oxygens (including phenoxy) is 1. The number of carbonyl (C=O) groups is 2. The molecule has 2 fully saturated rings. The Bertz CT molecular complexity index is 335. The Morgan fingerprint density at radius 2 is 2.17 bits per heavy atom. The van der Waals surface area contributed by atoms with Crippen LogP contribution in [0.2, 0.25) is 0 Å². The number of amides is 2. The number of nitrogens with one attached hydrogen (secondary N) is 2. The summed E-state index contributed by atoms with van der Waals surface area (Å²) in [4.78, 5) is 21.9. The maximum absolute atomic E-state index is 11.5. The van der Waals surface area contributed by atoms with Gasteiger partial charge in [-0.3, -0.25) is 0 Å². The van der Waals surface area contributed by atoms with Crippen molar-refractivity contribution in [2.45, 2.75) is 50.0 Å². The first kappa shape index (κ1) is 13.1. The fourth-order valence-electron chi connectivity index (χ4n) is 2.46. The fraction of sp³-hybridized carbons (Fsp3) is 0.818. The first-order valence-electron chi connectivity index (χ1n) is 6.17. The highest BCUT2D eigenvalue weighted by Crippen LogP contribution is 2.34. The van der Waals surface area contributed by atoms with Crippen molar-refractivity contribution in [3.8, 4) is 0 Å². The highest BCUT2D eigenvalue weighted by molar-refractivity contribution is 5.75. The van der Waals surface area contributed by atoms with Crippen LogP contribution in [0.3, 0.4) is 0 Å². The lowest BCUT2D eigenvalue weighted by Crippen LogP contribution is -2.47. The van der Waals surface area contributed by atoms with E-state index in [1.54, 1.807) is 0 Å². The second-order valence-electron chi connectivity index (χ2n) is 4.76. The van der Waals surface area contributed by atoms with Gasteiger partial charge in [-0.1, -0.05) is 0 Å². The lowest BCUT2D eigenvalue weighted by molar-refractivity contribution is -0.146. The van der Waals surface area contributed by atoms with Gasteiger partial charge < -0.3 is 25.6 Å². The largest absolute Gasteiger partial charge is 0.479 e. The summed E-state index contributed by atoms with van der Waals surface area (Å²) in [6, 6.07) is -0.290. The smallest absolute Gasteiger partial charge is 0.332 e. The molecule has 2 saturated heterocycles. The second kappa shape index (κ2) is 5.53. The molecule has 0 aromatic carbocycles. The molecule has 2 heterocycles. The number of aliphatic carboxylic acids is 1. The van der Waals surface area contributed by atoms with Gasteiger partial charge in [-0.15, -0.1) is 0 Å². The van der Waals surface area contributed by atoms with E-state index < -0.39 is 12.1 Å². The molecule has 2 aliphatic rings. The van der Waals surface area contributed by atoms with Crippen LogP contribution in [0.25, 0.3) is 0 Å². The van der Waals surface area contributed by atoms with E-state index in [-0.39, 0.29) is 37.2 Å². The number of fused-ring (bicyclic) bond motifs is 2. The van der Waals surface area contributed by atoms with Gasteiger partial charge in [0.15, 0.2) is 6.10 Å². The standard InChI is InChI=1S/C11H18N2O5/c14-8(10(15)16)3-4-12-11(17)13-7-5-6-1-2-9(7)18-6/h6-9,14H,1-5H2,(H,15,16)(H2,12,13,17). The van der Waals surface area contributed by atoms with Crippen molar-refractivity contribution in [1.29, 1.82) is 0 Å². The first-order valence-corrected chi connectivity index (χ1v) is 6.17. The summed E-state index contributed by atoms with van der Waals surface area (Å²) < 4.78 is 5.60. The Labute approximate surface area is 105 Å². The van der Waals surface area contributed by atoms with Gasteiger partial charge in [-0.25, -0.2) is 9.59 Å². The average Bonchev–Trinajstić information content (AvgIpc) is 2.90. The molecule has 4 unspecified atom stereocenters. The van der Waals surface area contributed by atoms with Gasteiger partial charge in [0, 0.05) is 13.0 Å². The fourth-order valence-corrected chi connectivity index (χ4v) is 2.46. The minimum Gasteiger partial charge on any atom is -0.479 e. The molecule has 7 heteroatoms. The van der Waals surface area contributed by atoms with E-state index in [1.165, 1.54) is 0 Å². The van der Waals surface area contributed by atoms with Gasteiger partial charge in [-0.2, -0.15) is 0 Å². The summed E-state index contributed by atoms with van der Waals surface area (Å²) in [5.41, 5.74) is 0. The Morgan fingerprint density at radius 1 is 1.39 bits per heavy atom. The van der Waals surface area contributed by atoms with Crippen LogP contribution in [0.1, 0.15) is 25.7 Å². The van der Waals surface area contributed by atoms with E-state index in [1.807, 2.05) is 0 Å². The quantitative estimate of drug-likeness (QED) is 0.529. The zero-order valence-electron chi connectivity index (χ0n) is 9.96. The molecule has 18 heavy (non-hydrogen) atoms. The number of hydrogen-bond donors (Lipinski definition) is 4. The molecule has 0 aromatic heterocycles. The van der Waals surface area contributed by atoms with E-state index >= 15 is 0 Å². The molecule has 2 amide bonds. The maximum Gasteiger partial charge on any atom is 0.332 e. The van der Waals surface area contributed by atoms with Gasteiger partial charge in [-0.05, 0) is 19.3 Å². The molecule has 4 N–H and O–H groups in total. The highest BCUT2D eigenvalue weighted by atomic mass is 16.5. The molecule has 2 bridgehead atoms. The molecular formula is C11H18N2O5. The normalized spacial score (nSPS) is 31.1. The molecule has 2 rings (SSSR count). The summed E-state index contributed by atoms with van der Waals surface area (Å²) in [6.45, 7) is 0.126. The predicted octanol–water partition coefficient (Wildman–Crippen LogP) is -0.559. The van der Waals surface area contributed by atoms with Crippen molar-refractivity contribution in [2.24, 2.45) is 0 Å².